The number of pyridine rings is 1. The van der Waals surface area contributed by atoms with Crippen LogP contribution in [-0.4, -0.2) is 62.1 Å². The van der Waals surface area contributed by atoms with E-state index in [-0.39, 0.29) is 35.3 Å². The number of ether oxygens (including phenoxy) is 4. The van der Waals surface area contributed by atoms with Crippen LogP contribution in [0.2, 0.25) is 0 Å². The molecule has 0 unspecified atom stereocenters. The van der Waals surface area contributed by atoms with Crippen molar-refractivity contribution in [1.29, 1.82) is 0 Å². The second-order valence-corrected chi connectivity index (χ2v) is 10.4. The van der Waals surface area contributed by atoms with Crippen molar-refractivity contribution in [1.82, 2.24) is 9.47 Å². The SMILES string of the molecule is COC(=O)C[C@@H](c1ccc(OC)c(OC)c1OC)c1oc(CN2C[C@@H]3C[C@H](C2)c2cccc(=O)n2C3)cc(=O)c1O. The van der Waals surface area contributed by atoms with Gasteiger partial charge >= 0.3 is 5.97 Å². The lowest BCUT2D eigenvalue weighted by Crippen LogP contribution is -2.46. The second kappa shape index (κ2) is 11.7. The number of methoxy groups -OCH3 is 4. The van der Waals surface area contributed by atoms with E-state index in [1.165, 1.54) is 34.5 Å². The van der Waals surface area contributed by atoms with Gasteiger partial charge in [0.25, 0.3) is 5.56 Å². The molecule has 4 heterocycles. The number of likely N-dealkylation sites (tertiary alicyclic amines) is 1. The number of esters is 1. The monoisotopic (exact) mass is 566 g/mol. The van der Waals surface area contributed by atoms with Gasteiger partial charge in [-0.05, 0) is 24.5 Å². The number of carbonyl (C=O) groups excluding carboxylic acids is 1. The minimum Gasteiger partial charge on any atom is -0.502 e. The Kier molecular flexibility index (Phi) is 8.07. The molecule has 0 aliphatic carbocycles. The van der Waals surface area contributed by atoms with Gasteiger partial charge in [0.15, 0.2) is 17.3 Å². The first-order chi connectivity index (χ1) is 19.8. The first-order valence-electron chi connectivity index (χ1n) is 13.4. The van der Waals surface area contributed by atoms with Gasteiger partial charge in [0.05, 0.1) is 47.3 Å². The fourth-order valence-electron chi connectivity index (χ4n) is 6.21. The molecule has 0 radical (unpaired) electrons. The summed E-state index contributed by atoms with van der Waals surface area (Å²) < 4.78 is 29.5. The third-order valence-electron chi connectivity index (χ3n) is 7.96. The van der Waals surface area contributed by atoms with Crippen LogP contribution in [0.25, 0.3) is 0 Å². The zero-order chi connectivity index (χ0) is 29.3. The Balaban J connectivity index is 1.52. The highest BCUT2D eigenvalue weighted by Gasteiger charge is 2.36. The molecule has 2 bridgehead atoms. The van der Waals surface area contributed by atoms with Crippen molar-refractivity contribution in [2.75, 3.05) is 41.5 Å². The number of hydrogen-bond acceptors (Lipinski definition) is 10. The van der Waals surface area contributed by atoms with Crippen LogP contribution >= 0.6 is 0 Å². The van der Waals surface area contributed by atoms with Gasteiger partial charge in [-0.1, -0.05) is 12.1 Å². The van der Waals surface area contributed by atoms with Gasteiger partial charge in [-0.25, -0.2) is 0 Å². The summed E-state index contributed by atoms with van der Waals surface area (Å²) in [5.41, 5.74) is 0.859. The van der Waals surface area contributed by atoms with Crippen molar-refractivity contribution < 1.29 is 33.3 Å². The fraction of sp³-hybridized carbons (Fsp3) is 0.433. The van der Waals surface area contributed by atoms with E-state index >= 15 is 0 Å². The number of nitrogens with zero attached hydrogens (tertiary/aromatic N) is 2. The number of aromatic hydroxyl groups is 1. The minimum atomic E-state index is -0.927. The maximum Gasteiger partial charge on any atom is 0.306 e. The zero-order valence-electron chi connectivity index (χ0n) is 23.5. The molecule has 41 heavy (non-hydrogen) atoms. The third-order valence-corrected chi connectivity index (χ3v) is 7.96. The van der Waals surface area contributed by atoms with Gasteiger partial charge in [-0.2, -0.15) is 0 Å². The molecule has 0 saturated carbocycles. The summed E-state index contributed by atoms with van der Waals surface area (Å²) in [6.45, 7) is 2.38. The van der Waals surface area contributed by atoms with Gasteiger partial charge in [0, 0.05) is 48.9 Å². The van der Waals surface area contributed by atoms with Crippen LogP contribution in [-0.2, 0) is 22.6 Å². The number of aromatic nitrogens is 1. The van der Waals surface area contributed by atoms with E-state index in [1.54, 1.807) is 24.3 Å². The Labute approximate surface area is 236 Å². The Morgan fingerprint density at radius 2 is 1.80 bits per heavy atom. The fourth-order valence-corrected chi connectivity index (χ4v) is 6.21. The molecule has 1 aromatic carbocycles. The summed E-state index contributed by atoms with van der Waals surface area (Å²) in [6, 6.07) is 9.98. The van der Waals surface area contributed by atoms with Crippen LogP contribution in [0, 0.1) is 5.92 Å². The molecular formula is C30H34N2O9. The van der Waals surface area contributed by atoms with E-state index in [2.05, 4.69) is 4.90 Å². The second-order valence-electron chi connectivity index (χ2n) is 10.4. The van der Waals surface area contributed by atoms with E-state index in [4.69, 9.17) is 23.4 Å². The molecule has 2 aromatic heterocycles. The Bertz CT molecular complexity index is 1560. The molecule has 0 amide bonds. The first-order valence-corrected chi connectivity index (χ1v) is 13.4. The lowest BCUT2D eigenvalue weighted by Gasteiger charge is -2.42. The van der Waals surface area contributed by atoms with Crippen molar-refractivity contribution in [3.63, 3.8) is 0 Å². The van der Waals surface area contributed by atoms with Crippen LogP contribution in [0.3, 0.4) is 0 Å². The van der Waals surface area contributed by atoms with Crippen LogP contribution in [0.5, 0.6) is 23.0 Å². The molecule has 1 N–H and O–H groups in total. The van der Waals surface area contributed by atoms with E-state index in [0.29, 0.717) is 42.5 Å². The molecule has 11 nitrogen and oxygen atoms in total. The molecule has 3 aromatic rings. The van der Waals surface area contributed by atoms with Crippen LogP contribution in [0.4, 0.5) is 0 Å². The topological polar surface area (TPSA) is 130 Å². The molecule has 1 fully saturated rings. The maximum atomic E-state index is 13.0. The normalized spacial score (nSPS) is 18.7. The number of hydrogen-bond donors (Lipinski definition) is 1. The molecular weight excluding hydrogens is 532 g/mol. The van der Waals surface area contributed by atoms with Crippen LogP contribution in [0.15, 0.2) is 50.4 Å². The molecule has 0 spiro atoms. The number of rotatable bonds is 9. The Morgan fingerprint density at radius 1 is 1.02 bits per heavy atom. The van der Waals surface area contributed by atoms with Crippen molar-refractivity contribution in [2.45, 2.75) is 37.8 Å². The van der Waals surface area contributed by atoms with Crippen molar-refractivity contribution in [2.24, 2.45) is 5.92 Å². The average molecular weight is 567 g/mol. The van der Waals surface area contributed by atoms with Crippen LogP contribution < -0.4 is 25.2 Å². The minimum absolute atomic E-state index is 0.0158. The third kappa shape index (κ3) is 5.41. The standard InChI is InChI=1S/C30H34N2O9/c1-37-24-9-8-20(29(39-3)30(24)40-4)21(12-26(35)38-2)28-27(36)23(33)11-19(41-28)16-31-13-17-10-18(15-31)22-6-5-7-25(34)32(22)14-17/h5-9,11,17-18,21,36H,10,12-16H2,1-4H3/t17-,18+,21-/m0/s1. The van der Waals surface area contributed by atoms with Crippen molar-refractivity contribution in [3.8, 4) is 23.0 Å². The number of piperidine rings is 1. The summed E-state index contributed by atoms with van der Waals surface area (Å²) in [6.07, 6.45) is 0.757. The maximum absolute atomic E-state index is 13.0. The van der Waals surface area contributed by atoms with Gasteiger partial charge in [0.2, 0.25) is 16.9 Å². The summed E-state index contributed by atoms with van der Waals surface area (Å²) >= 11 is 0. The molecule has 5 rings (SSSR count). The summed E-state index contributed by atoms with van der Waals surface area (Å²) in [5, 5.41) is 10.9. The largest absolute Gasteiger partial charge is 0.502 e. The molecule has 2 aliphatic heterocycles. The highest BCUT2D eigenvalue weighted by molar-refractivity contribution is 5.72. The van der Waals surface area contributed by atoms with Gasteiger partial charge in [-0.3, -0.25) is 19.3 Å². The van der Waals surface area contributed by atoms with E-state index in [9.17, 15) is 19.5 Å². The highest BCUT2D eigenvalue weighted by Crippen LogP contribution is 2.46. The molecule has 3 atom stereocenters. The number of carbonyl (C=O) groups is 1. The average Bonchev–Trinajstić information content (AvgIpc) is 2.97. The van der Waals surface area contributed by atoms with E-state index < -0.39 is 23.1 Å². The first kappa shape index (κ1) is 28.3. The lowest BCUT2D eigenvalue weighted by atomic mass is 9.83. The van der Waals surface area contributed by atoms with Crippen molar-refractivity contribution >= 4 is 5.97 Å². The molecule has 218 valence electrons. The quantitative estimate of drug-likeness (QED) is 0.386. The van der Waals surface area contributed by atoms with E-state index in [1.807, 2.05) is 10.6 Å². The molecule has 2 aliphatic rings. The smallest absolute Gasteiger partial charge is 0.306 e. The zero-order valence-corrected chi connectivity index (χ0v) is 23.5. The Morgan fingerprint density at radius 3 is 2.51 bits per heavy atom. The van der Waals surface area contributed by atoms with Gasteiger partial charge < -0.3 is 33.0 Å². The predicted molar refractivity (Wildman–Crippen MR) is 148 cm³/mol. The van der Waals surface area contributed by atoms with E-state index in [0.717, 1.165) is 18.7 Å². The highest BCUT2D eigenvalue weighted by atomic mass is 16.5. The van der Waals surface area contributed by atoms with Crippen molar-refractivity contribution in [3.05, 3.63) is 79.8 Å². The number of fused-ring (bicyclic) bond motifs is 4. The Hall–Kier alpha value is -4.25. The predicted octanol–water partition coefficient (Wildman–Crippen LogP) is 2.85. The summed E-state index contributed by atoms with van der Waals surface area (Å²) in [7, 11) is 5.66. The number of benzene rings is 1. The van der Waals surface area contributed by atoms with Gasteiger partial charge in [-0.15, -0.1) is 0 Å². The molecule has 1 saturated heterocycles. The summed E-state index contributed by atoms with van der Waals surface area (Å²) in [4.78, 5) is 40.1. The molecule has 11 heteroatoms. The van der Waals surface area contributed by atoms with Crippen LogP contribution in [0.1, 0.15) is 47.5 Å². The lowest BCUT2D eigenvalue weighted by molar-refractivity contribution is -0.140. The van der Waals surface area contributed by atoms with Gasteiger partial charge in [0.1, 0.15) is 5.76 Å². The summed E-state index contributed by atoms with van der Waals surface area (Å²) in [5.74, 6) is -0.380.